The first-order valence-corrected chi connectivity index (χ1v) is 6.58. The molecular formula is C15H10BrNO3. The number of benzene rings is 2. The normalized spacial score (nSPS) is 10.7. The lowest BCUT2D eigenvalue weighted by Crippen LogP contribution is -1.93. The topological polar surface area (TPSA) is 60.2 Å². The molecule has 0 saturated heterocycles. The highest BCUT2D eigenvalue weighted by molar-refractivity contribution is 9.10. The largest absolute Gasteiger partial charge is 0.289 e. The smallest absolute Gasteiger partial charge is 0.269 e. The molecular weight excluding hydrogens is 322 g/mol. The van der Waals surface area contributed by atoms with Gasteiger partial charge >= 0.3 is 0 Å². The van der Waals surface area contributed by atoms with Crippen LogP contribution in [0.5, 0.6) is 0 Å². The van der Waals surface area contributed by atoms with Gasteiger partial charge in [-0.2, -0.15) is 0 Å². The third-order valence-electron chi connectivity index (χ3n) is 2.66. The average Bonchev–Trinajstić information content (AvgIpc) is 2.46. The van der Waals surface area contributed by atoms with Crippen molar-refractivity contribution in [2.24, 2.45) is 0 Å². The van der Waals surface area contributed by atoms with Gasteiger partial charge in [0.25, 0.3) is 5.69 Å². The maximum absolute atomic E-state index is 11.9. The average molecular weight is 332 g/mol. The molecule has 0 aliphatic rings. The summed E-state index contributed by atoms with van der Waals surface area (Å²) >= 11 is 3.30. The molecule has 0 bridgehead atoms. The van der Waals surface area contributed by atoms with Gasteiger partial charge in [0.2, 0.25) is 0 Å². The molecule has 20 heavy (non-hydrogen) atoms. The van der Waals surface area contributed by atoms with Gasteiger partial charge in [0.15, 0.2) is 5.78 Å². The number of nitro groups is 1. The van der Waals surface area contributed by atoms with Gasteiger partial charge in [-0.3, -0.25) is 14.9 Å². The van der Waals surface area contributed by atoms with Crippen LogP contribution in [-0.2, 0) is 0 Å². The predicted octanol–water partition coefficient (Wildman–Crippen LogP) is 4.25. The van der Waals surface area contributed by atoms with Gasteiger partial charge in [-0.25, -0.2) is 0 Å². The fraction of sp³-hybridized carbons (Fsp3) is 0. The third-order valence-corrected chi connectivity index (χ3v) is 3.19. The summed E-state index contributed by atoms with van der Waals surface area (Å²) in [6, 6.07) is 13.1. The van der Waals surface area contributed by atoms with E-state index >= 15 is 0 Å². The van der Waals surface area contributed by atoms with Gasteiger partial charge < -0.3 is 0 Å². The summed E-state index contributed by atoms with van der Waals surface area (Å²) in [6.07, 6.45) is 3.08. The zero-order chi connectivity index (χ0) is 14.5. The molecule has 4 nitrogen and oxygen atoms in total. The van der Waals surface area contributed by atoms with Crippen LogP contribution in [0.1, 0.15) is 15.9 Å². The van der Waals surface area contributed by atoms with Gasteiger partial charge in [0.1, 0.15) is 0 Å². The molecule has 5 heteroatoms. The zero-order valence-electron chi connectivity index (χ0n) is 10.3. The molecule has 0 radical (unpaired) electrons. The van der Waals surface area contributed by atoms with Crippen LogP contribution in [0.2, 0.25) is 0 Å². The SMILES string of the molecule is O=C(/C=C/c1ccc([N+](=O)[O-])cc1)c1ccc(Br)cc1. The standard InChI is InChI=1S/C15H10BrNO3/c16-13-6-4-12(5-7-13)15(18)10-3-11-1-8-14(9-2-11)17(19)20/h1-10H/b10-3+. The molecule has 0 amide bonds. The molecule has 0 N–H and O–H groups in total. The lowest BCUT2D eigenvalue weighted by molar-refractivity contribution is -0.384. The number of nitro benzene ring substituents is 1. The summed E-state index contributed by atoms with van der Waals surface area (Å²) in [5, 5.41) is 10.5. The van der Waals surface area contributed by atoms with Crippen molar-refractivity contribution in [3.63, 3.8) is 0 Å². The molecule has 2 aromatic carbocycles. The number of rotatable bonds is 4. The number of carbonyl (C=O) groups is 1. The van der Waals surface area contributed by atoms with E-state index in [2.05, 4.69) is 15.9 Å². The molecule has 0 unspecified atom stereocenters. The Bertz CT molecular complexity index is 661. The van der Waals surface area contributed by atoms with Crippen LogP contribution < -0.4 is 0 Å². The van der Waals surface area contributed by atoms with E-state index in [1.54, 1.807) is 42.5 Å². The summed E-state index contributed by atoms with van der Waals surface area (Å²) in [7, 11) is 0. The van der Waals surface area contributed by atoms with Crippen LogP contribution in [0.25, 0.3) is 6.08 Å². The number of hydrogen-bond donors (Lipinski definition) is 0. The van der Waals surface area contributed by atoms with Crippen LogP contribution in [0.3, 0.4) is 0 Å². The first-order chi connectivity index (χ1) is 9.56. The summed E-state index contributed by atoms with van der Waals surface area (Å²) in [6.45, 7) is 0. The van der Waals surface area contributed by atoms with E-state index in [1.165, 1.54) is 18.2 Å². The molecule has 2 aromatic rings. The number of hydrogen-bond acceptors (Lipinski definition) is 3. The lowest BCUT2D eigenvalue weighted by Gasteiger charge is -1.96. The Morgan fingerprint density at radius 1 is 1.05 bits per heavy atom. The minimum atomic E-state index is -0.458. The van der Waals surface area contributed by atoms with Crippen LogP contribution in [0, 0.1) is 10.1 Å². The number of carbonyl (C=O) groups excluding carboxylic acids is 1. The Balaban J connectivity index is 2.10. The quantitative estimate of drug-likeness (QED) is 0.364. The number of ketones is 1. The van der Waals surface area contributed by atoms with E-state index in [0.717, 1.165) is 10.0 Å². The summed E-state index contributed by atoms with van der Waals surface area (Å²) in [5.74, 6) is -0.115. The fourth-order valence-electron chi connectivity index (χ4n) is 1.59. The Morgan fingerprint density at radius 3 is 2.20 bits per heavy atom. The molecule has 0 spiro atoms. The van der Waals surface area contributed by atoms with E-state index < -0.39 is 4.92 Å². The van der Waals surface area contributed by atoms with E-state index in [0.29, 0.717) is 5.56 Å². The number of halogens is 1. The number of non-ortho nitro benzene ring substituents is 1. The van der Waals surface area contributed by atoms with Crippen LogP contribution in [0.4, 0.5) is 5.69 Å². The Hall–Kier alpha value is -2.27. The van der Waals surface area contributed by atoms with Crippen molar-refractivity contribution < 1.29 is 9.72 Å². The van der Waals surface area contributed by atoms with Gasteiger partial charge in [-0.05, 0) is 48.0 Å². The molecule has 0 aromatic heterocycles. The summed E-state index contributed by atoms with van der Waals surface area (Å²) in [5.41, 5.74) is 1.36. The first-order valence-electron chi connectivity index (χ1n) is 5.79. The van der Waals surface area contributed by atoms with E-state index in [9.17, 15) is 14.9 Å². The molecule has 0 aliphatic heterocycles. The second-order valence-electron chi connectivity index (χ2n) is 4.05. The molecule has 0 saturated carbocycles. The monoisotopic (exact) mass is 331 g/mol. The Labute approximate surface area is 124 Å². The van der Waals surface area contributed by atoms with Crippen molar-refractivity contribution in [3.05, 3.63) is 80.3 Å². The number of nitrogens with zero attached hydrogens (tertiary/aromatic N) is 1. The highest BCUT2D eigenvalue weighted by Gasteiger charge is 2.03. The van der Waals surface area contributed by atoms with E-state index in [-0.39, 0.29) is 11.5 Å². The van der Waals surface area contributed by atoms with Crippen molar-refractivity contribution in [2.45, 2.75) is 0 Å². The van der Waals surface area contributed by atoms with Gasteiger partial charge in [-0.1, -0.05) is 22.0 Å². The third kappa shape index (κ3) is 3.61. The fourth-order valence-corrected chi connectivity index (χ4v) is 1.85. The van der Waals surface area contributed by atoms with Crippen molar-refractivity contribution in [3.8, 4) is 0 Å². The first kappa shape index (κ1) is 14.1. The minimum absolute atomic E-state index is 0.0291. The summed E-state index contributed by atoms with van der Waals surface area (Å²) in [4.78, 5) is 22.0. The molecule has 0 heterocycles. The molecule has 0 aliphatic carbocycles. The highest BCUT2D eigenvalue weighted by atomic mass is 79.9. The van der Waals surface area contributed by atoms with Crippen LogP contribution in [0.15, 0.2) is 59.1 Å². The van der Waals surface area contributed by atoms with Crippen LogP contribution in [-0.4, -0.2) is 10.7 Å². The second kappa shape index (κ2) is 6.25. The predicted molar refractivity (Wildman–Crippen MR) is 80.6 cm³/mol. The minimum Gasteiger partial charge on any atom is -0.289 e. The molecule has 0 atom stereocenters. The zero-order valence-corrected chi connectivity index (χ0v) is 11.9. The number of allylic oxidation sites excluding steroid dienone is 1. The molecule has 0 fully saturated rings. The van der Waals surface area contributed by atoms with Crippen LogP contribution >= 0.6 is 15.9 Å². The van der Waals surface area contributed by atoms with Crippen molar-refractivity contribution in [2.75, 3.05) is 0 Å². The maximum Gasteiger partial charge on any atom is 0.269 e. The van der Waals surface area contributed by atoms with Gasteiger partial charge in [0, 0.05) is 22.2 Å². The second-order valence-corrected chi connectivity index (χ2v) is 4.97. The Kier molecular flexibility index (Phi) is 4.42. The van der Waals surface area contributed by atoms with E-state index in [4.69, 9.17) is 0 Å². The molecule has 2 rings (SSSR count). The maximum atomic E-state index is 11.9. The van der Waals surface area contributed by atoms with E-state index in [1.807, 2.05) is 0 Å². The summed E-state index contributed by atoms with van der Waals surface area (Å²) < 4.78 is 0.911. The van der Waals surface area contributed by atoms with Crippen molar-refractivity contribution in [1.29, 1.82) is 0 Å². The highest BCUT2D eigenvalue weighted by Crippen LogP contribution is 2.14. The lowest BCUT2D eigenvalue weighted by atomic mass is 10.1. The molecule has 100 valence electrons. The van der Waals surface area contributed by atoms with Gasteiger partial charge in [0.05, 0.1) is 4.92 Å². The van der Waals surface area contributed by atoms with Crippen molar-refractivity contribution in [1.82, 2.24) is 0 Å². The Morgan fingerprint density at radius 2 is 1.65 bits per heavy atom. The van der Waals surface area contributed by atoms with Gasteiger partial charge in [-0.15, -0.1) is 0 Å². The van der Waals surface area contributed by atoms with Crippen molar-refractivity contribution >= 4 is 33.5 Å².